The second kappa shape index (κ2) is 6.38. The molecule has 3 aromatic rings. The molecule has 6 heteroatoms. The molecule has 1 fully saturated rings. The van der Waals surface area contributed by atoms with Crippen molar-refractivity contribution in [3.63, 3.8) is 0 Å². The van der Waals surface area contributed by atoms with E-state index in [-0.39, 0.29) is 6.10 Å². The third-order valence-electron chi connectivity index (χ3n) is 4.68. The van der Waals surface area contributed by atoms with Gasteiger partial charge in [0.2, 0.25) is 5.88 Å². The molecular weight excluding hydrogens is 328 g/mol. The predicted molar refractivity (Wildman–Crippen MR) is 99.7 cm³/mol. The number of benzene rings is 1. The highest BCUT2D eigenvalue weighted by molar-refractivity contribution is 6.10. The molecule has 4 heterocycles. The molecule has 1 saturated heterocycles. The van der Waals surface area contributed by atoms with Crippen molar-refractivity contribution in [1.82, 2.24) is 9.97 Å². The van der Waals surface area contributed by atoms with Crippen LogP contribution in [0, 0.1) is 0 Å². The van der Waals surface area contributed by atoms with Crippen LogP contribution in [0.15, 0.2) is 53.8 Å². The molecule has 0 aliphatic carbocycles. The zero-order chi connectivity index (χ0) is 17.3. The first-order chi connectivity index (χ1) is 12.9. The van der Waals surface area contributed by atoms with Crippen molar-refractivity contribution in [2.45, 2.75) is 19.1 Å². The van der Waals surface area contributed by atoms with Crippen molar-refractivity contribution < 1.29 is 9.47 Å². The maximum atomic E-state index is 6.02. The Balaban J connectivity index is 1.42. The van der Waals surface area contributed by atoms with Gasteiger partial charge in [0.05, 0.1) is 19.8 Å². The lowest BCUT2D eigenvalue weighted by Crippen LogP contribution is -2.16. The van der Waals surface area contributed by atoms with Crippen molar-refractivity contribution in [3.05, 3.63) is 60.0 Å². The molecule has 0 unspecified atom stereocenters. The maximum Gasteiger partial charge on any atom is 0.221 e. The molecule has 1 atom stereocenters. The molecule has 2 aromatic heterocycles. The second-order valence-electron chi connectivity index (χ2n) is 6.46. The molecule has 0 spiro atoms. The lowest BCUT2D eigenvalue weighted by molar-refractivity contribution is 0.139. The topological polar surface area (TPSA) is 68.6 Å². The number of hydrogen-bond donors (Lipinski definition) is 1. The number of aliphatic imine (C=N–C) groups is 1. The molecule has 0 amide bonds. The Kier molecular flexibility index (Phi) is 3.75. The number of ether oxygens (including phenoxy) is 2. The summed E-state index contributed by atoms with van der Waals surface area (Å²) in [5.41, 5.74) is 3.04. The Labute approximate surface area is 150 Å². The fourth-order valence-corrected chi connectivity index (χ4v) is 3.34. The molecule has 0 bridgehead atoms. The number of nitrogens with one attached hydrogen (secondary N) is 1. The van der Waals surface area contributed by atoms with Gasteiger partial charge in [0.25, 0.3) is 0 Å². The SMILES string of the molecule is c1cnc2c(c1)CN=C2Nc1ccc2c(O[C@H]3CCOC3)nccc2c1. The summed E-state index contributed by atoms with van der Waals surface area (Å²) in [4.78, 5) is 13.4. The summed E-state index contributed by atoms with van der Waals surface area (Å²) in [5.74, 6) is 1.48. The monoisotopic (exact) mass is 346 g/mol. The fraction of sp³-hybridized carbons (Fsp3) is 0.250. The second-order valence-corrected chi connectivity index (χ2v) is 6.46. The van der Waals surface area contributed by atoms with Crippen molar-refractivity contribution >= 4 is 22.3 Å². The third kappa shape index (κ3) is 2.78. The largest absolute Gasteiger partial charge is 0.471 e. The zero-order valence-electron chi connectivity index (χ0n) is 14.2. The molecular formula is C20H18N4O2. The Morgan fingerprint density at radius 2 is 2.12 bits per heavy atom. The van der Waals surface area contributed by atoms with Crippen molar-refractivity contribution in [2.24, 2.45) is 4.99 Å². The highest BCUT2D eigenvalue weighted by Gasteiger charge is 2.19. The van der Waals surface area contributed by atoms with Gasteiger partial charge < -0.3 is 14.8 Å². The molecule has 5 rings (SSSR count). The number of anilines is 1. The first-order valence-electron chi connectivity index (χ1n) is 8.76. The molecule has 130 valence electrons. The van der Waals surface area contributed by atoms with Crippen LogP contribution in [0.2, 0.25) is 0 Å². The summed E-state index contributed by atoms with van der Waals surface area (Å²) in [6.07, 6.45) is 4.57. The lowest BCUT2D eigenvalue weighted by Gasteiger charge is -2.13. The molecule has 0 saturated carbocycles. The molecule has 0 radical (unpaired) electrons. The van der Waals surface area contributed by atoms with E-state index in [2.05, 4.69) is 32.4 Å². The van der Waals surface area contributed by atoms with E-state index >= 15 is 0 Å². The maximum absolute atomic E-state index is 6.02. The average molecular weight is 346 g/mol. The normalized spacial score (nSPS) is 18.6. The minimum absolute atomic E-state index is 0.0846. The fourth-order valence-electron chi connectivity index (χ4n) is 3.34. The van der Waals surface area contributed by atoms with E-state index in [0.717, 1.165) is 46.6 Å². The molecule has 1 N–H and O–H groups in total. The standard InChI is InChI=1S/C20H18N4O2/c1-2-14-11-23-19(18(14)21-7-1)24-15-3-4-17-13(10-15)5-8-22-20(17)26-16-6-9-25-12-16/h1-5,7-8,10,16H,6,9,11-12H2,(H,23,24)/t16-/m0/s1. The Morgan fingerprint density at radius 3 is 3.04 bits per heavy atom. The molecule has 1 aromatic carbocycles. The smallest absolute Gasteiger partial charge is 0.221 e. The Bertz CT molecular complexity index is 996. The van der Waals surface area contributed by atoms with Crippen LogP contribution in [0.25, 0.3) is 10.8 Å². The first-order valence-corrected chi connectivity index (χ1v) is 8.76. The Morgan fingerprint density at radius 1 is 1.12 bits per heavy atom. The van der Waals surface area contributed by atoms with E-state index in [0.29, 0.717) is 19.0 Å². The van der Waals surface area contributed by atoms with E-state index in [9.17, 15) is 0 Å². The number of rotatable bonds is 3. The van der Waals surface area contributed by atoms with Gasteiger partial charge >= 0.3 is 0 Å². The van der Waals surface area contributed by atoms with Gasteiger partial charge in [-0.05, 0) is 35.7 Å². The van der Waals surface area contributed by atoms with Crippen molar-refractivity contribution in [3.8, 4) is 5.88 Å². The summed E-state index contributed by atoms with van der Waals surface area (Å²) in [6, 6.07) is 12.1. The van der Waals surface area contributed by atoms with Gasteiger partial charge in [0, 0.05) is 35.5 Å². The van der Waals surface area contributed by atoms with Gasteiger partial charge in [-0.15, -0.1) is 0 Å². The molecule has 2 aliphatic rings. The van der Waals surface area contributed by atoms with Crippen LogP contribution in [0.5, 0.6) is 5.88 Å². The predicted octanol–water partition coefficient (Wildman–Crippen LogP) is 3.17. The van der Waals surface area contributed by atoms with Crippen LogP contribution in [-0.2, 0) is 11.3 Å². The van der Waals surface area contributed by atoms with Crippen LogP contribution in [-0.4, -0.2) is 35.1 Å². The van der Waals surface area contributed by atoms with Crippen LogP contribution in [0.3, 0.4) is 0 Å². The van der Waals surface area contributed by atoms with Gasteiger partial charge in [-0.3, -0.25) is 9.98 Å². The first kappa shape index (κ1) is 15.3. The number of fused-ring (bicyclic) bond motifs is 2. The quantitative estimate of drug-likeness (QED) is 0.789. The van der Waals surface area contributed by atoms with Crippen molar-refractivity contribution in [2.75, 3.05) is 18.5 Å². The van der Waals surface area contributed by atoms with Crippen LogP contribution >= 0.6 is 0 Å². The number of aromatic nitrogens is 2. The van der Waals surface area contributed by atoms with Crippen LogP contribution < -0.4 is 10.1 Å². The van der Waals surface area contributed by atoms with E-state index in [4.69, 9.17) is 9.47 Å². The van der Waals surface area contributed by atoms with Gasteiger partial charge in [-0.1, -0.05) is 6.07 Å². The van der Waals surface area contributed by atoms with Gasteiger partial charge in [-0.2, -0.15) is 0 Å². The third-order valence-corrected chi connectivity index (χ3v) is 4.68. The van der Waals surface area contributed by atoms with E-state index < -0.39 is 0 Å². The number of amidine groups is 1. The molecule has 6 nitrogen and oxygen atoms in total. The zero-order valence-corrected chi connectivity index (χ0v) is 14.2. The van der Waals surface area contributed by atoms with Crippen LogP contribution in [0.1, 0.15) is 17.7 Å². The van der Waals surface area contributed by atoms with Gasteiger partial charge in [0.15, 0.2) is 5.84 Å². The molecule has 2 aliphatic heterocycles. The number of nitrogens with zero attached hydrogens (tertiary/aromatic N) is 3. The summed E-state index contributed by atoms with van der Waals surface area (Å²) in [7, 11) is 0. The highest BCUT2D eigenvalue weighted by atomic mass is 16.5. The minimum atomic E-state index is 0.0846. The summed E-state index contributed by atoms with van der Waals surface area (Å²) in [6.45, 7) is 2.05. The summed E-state index contributed by atoms with van der Waals surface area (Å²) < 4.78 is 11.4. The van der Waals surface area contributed by atoms with Crippen LogP contribution in [0.4, 0.5) is 5.69 Å². The number of hydrogen-bond acceptors (Lipinski definition) is 6. The van der Waals surface area contributed by atoms with E-state index in [1.54, 1.807) is 12.4 Å². The molecule has 26 heavy (non-hydrogen) atoms. The Hall–Kier alpha value is -2.99. The van der Waals surface area contributed by atoms with E-state index in [1.807, 2.05) is 24.3 Å². The highest BCUT2D eigenvalue weighted by Crippen LogP contribution is 2.28. The summed E-state index contributed by atoms with van der Waals surface area (Å²) in [5, 5.41) is 5.45. The average Bonchev–Trinajstić information content (AvgIpc) is 3.32. The number of pyridine rings is 2. The van der Waals surface area contributed by atoms with Gasteiger partial charge in [-0.25, -0.2) is 4.98 Å². The lowest BCUT2D eigenvalue weighted by atomic mass is 10.1. The van der Waals surface area contributed by atoms with Crippen molar-refractivity contribution in [1.29, 1.82) is 0 Å². The minimum Gasteiger partial charge on any atom is -0.471 e. The van der Waals surface area contributed by atoms with E-state index in [1.165, 1.54) is 0 Å². The summed E-state index contributed by atoms with van der Waals surface area (Å²) >= 11 is 0. The van der Waals surface area contributed by atoms with Gasteiger partial charge in [0.1, 0.15) is 11.8 Å².